The highest BCUT2D eigenvalue weighted by molar-refractivity contribution is 5.68. The molecular weight excluding hydrogens is 272 g/mol. The van der Waals surface area contributed by atoms with Crippen LogP contribution in [-0.2, 0) is 17.6 Å². The average Bonchev–Trinajstić information content (AvgIpc) is 2.55. The highest BCUT2D eigenvalue weighted by Gasteiger charge is 2.20. The molecule has 3 N–H and O–H groups in total. The number of carbonyl (C=O) groups excluding carboxylic acids is 1. The van der Waals surface area contributed by atoms with Crippen LogP contribution >= 0.6 is 0 Å². The molecule has 0 aromatic heterocycles. The topological polar surface area (TPSA) is 55.1 Å². The van der Waals surface area contributed by atoms with E-state index < -0.39 is 0 Å². The van der Waals surface area contributed by atoms with Crippen LogP contribution < -0.4 is 11.1 Å². The van der Waals surface area contributed by atoms with E-state index in [1.807, 2.05) is 12.1 Å². The number of hydrogen-bond donors (Lipinski definition) is 2. The molecule has 0 saturated heterocycles. The van der Waals surface area contributed by atoms with Gasteiger partial charge in [-0.05, 0) is 54.5 Å². The Morgan fingerprint density at radius 2 is 2.09 bits per heavy atom. The lowest BCUT2D eigenvalue weighted by molar-refractivity contribution is -0.107. The number of rotatable bonds is 5. The quantitative estimate of drug-likeness (QED) is 0.650. The van der Waals surface area contributed by atoms with Gasteiger partial charge in [0.05, 0.1) is 17.4 Å². The Morgan fingerprint density at radius 3 is 2.91 bits per heavy atom. The van der Waals surface area contributed by atoms with Crippen LogP contribution in [0, 0.1) is 0 Å². The maximum absolute atomic E-state index is 10.5. The third kappa shape index (κ3) is 3.14. The molecule has 0 radical (unpaired) electrons. The summed E-state index contributed by atoms with van der Waals surface area (Å²) in [6.07, 6.45) is 5.73. The minimum absolute atomic E-state index is 0.327. The van der Waals surface area contributed by atoms with E-state index in [0.29, 0.717) is 12.5 Å². The minimum Gasteiger partial charge on any atom is -0.397 e. The molecule has 2 aromatic carbocycles. The normalized spacial score (nSPS) is 16.8. The van der Waals surface area contributed by atoms with E-state index in [-0.39, 0.29) is 0 Å². The summed E-state index contributed by atoms with van der Waals surface area (Å²) in [6.45, 7) is 0. The summed E-state index contributed by atoms with van der Waals surface area (Å²) in [4.78, 5) is 10.5. The van der Waals surface area contributed by atoms with Crippen molar-refractivity contribution in [3.63, 3.8) is 0 Å². The fraction of sp³-hybridized carbons (Fsp3) is 0.316. The van der Waals surface area contributed by atoms with Crippen molar-refractivity contribution < 1.29 is 4.79 Å². The number of carbonyl (C=O) groups is 1. The van der Waals surface area contributed by atoms with Gasteiger partial charge in [-0.1, -0.05) is 30.3 Å². The largest absolute Gasteiger partial charge is 0.397 e. The van der Waals surface area contributed by atoms with E-state index in [1.54, 1.807) is 0 Å². The molecule has 3 heteroatoms. The number of fused-ring (bicyclic) bond motifs is 1. The van der Waals surface area contributed by atoms with Crippen molar-refractivity contribution in [2.45, 2.75) is 38.1 Å². The van der Waals surface area contributed by atoms with E-state index in [9.17, 15) is 4.79 Å². The summed E-state index contributed by atoms with van der Waals surface area (Å²) in [6, 6.07) is 15.0. The number of hydrogen-bond acceptors (Lipinski definition) is 3. The molecule has 1 aliphatic rings. The Balaban J connectivity index is 1.78. The summed E-state index contributed by atoms with van der Waals surface area (Å²) in [5, 5.41) is 3.59. The van der Waals surface area contributed by atoms with E-state index in [0.717, 1.165) is 42.5 Å². The summed E-state index contributed by atoms with van der Waals surface area (Å²) in [7, 11) is 0. The van der Waals surface area contributed by atoms with Gasteiger partial charge >= 0.3 is 0 Å². The molecule has 3 rings (SSSR count). The second-order valence-corrected chi connectivity index (χ2v) is 5.91. The summed E-state index contributed by atoms with van der Waals surface area (Å²) in [5.41, 5.74) is 11.9. The standard InChI is InChI=1S/C19H22N2O/c20-17-13-14(5-4-12-22)10-11-19(17)21-18-9-3-7-15-6-1-2-8-16(15)18/h1-2,6,8,10-13,18,21H,3-5,7,9,20H2. The zero-order chi connectivity index (χ0) is 15.4. The van der Waals surface area contributed by atoms with Gasteiger partial charge in [0.15, 0.2) is 0 Å². The molecule has 2 aromatic rings. The average molecular weight is 294 g/mol. The van der Waals surface area contributed by atoms with Crippen LogP contribution in [0.15, 0.2) is 42.5 Å². The molecule has 0 spiro atoms. The molecule has 1 atom stereocenters. The maximum Gasteiger partial charge on any atom is 0.120 e. The van der Waals surface area contributed by atoms with Crippen molar-refractivity contribution in [2.75, 3.05) is 11.1 Å². The minimum atomic E-state index is 0.327. The van der Waals surface area contributed by atoms with Gasteiger partial charge in [0.25, 0.3) is 0 Å². The van der Waals surface area contributed by atoms with Crippen molar-refractivity contribution in [1.29, 1.82) is 0 Å². The van der Waals surface area contributed by atoms with Gasteiger partial charge in [0.1, 0.15) is 6.29 Å². The zero-order valence-corrected chi connectivity index (χ0v) is 12.7. The Labute approximate surface area is 131 Å². The van der Waals surface area contributed by atoms with Crippen LogP contribution in [0.2, 0.25) is 0 Å². The second kappa shape index (κ2) is 6.65. The molecular formula is C19H22N2O. The monoisotopic (exact) mass is 294 g/mol. The van der Waals surface area contributed by atoms with Gasteiger partial charge in [-0.3, -0.25) is 0 Å². The van der Waals surface area contributed by atoms with Gasteiger partial charge in [-0.15, -0.1) is 0 Å². The number of nitrogens with two attached hydrogens (primary N) is 1. The lowest BCUT2D eigenvalue weighted by Gasteiger charge is -2.27. The molecule has 3 nitrogen and oxygen atoms in total. The molecule has 1 aliphatic carbocycles. The Bertz CT molecular complexity index is 666. The highest BCUT2D eigenvalue weighted by atomic mass is 16.1. The predicted octanol–water partition coefficient (Wildman–Crippen LogP) is 3.89. The lowest BCUT2D eigenvalue weighted by atomic mass is 9.87. The second-order valence-electron chi connectivity index (χ2n) is 5.91. The molecule has 0 amide bonds. The van der Waals surface area contributed by atoms with Crippen molar-refractivity contribution in [3.05, 3.63) is 59.2 Å². The van der Waals surface area contributed by atoms with Crippen molar-refractivity contribution >= 4 is 17.7 Å². The van der Waals surface area contributed by atoms with E-state index in [2.05, 4.69) is 35.6 Å². The number of nitrogen functional groups attached to an aromatic ring is 1. The molecule has 0 aliphatic heterocycles. The fourth-order valence-electron chi connectivity index (χ4n) is 3.22. The van der Waals surface area contributed by atoms with E-state index in [4.69, 9.17) is 5.73 Å². The van der Waals surface area contributed by atoms with Crippen molar-refractivity contribution in [3.8, 4) is 0 Å². The van der Waals surface area contributed by atoms with Crippen LogP contribution in [-0.4, -0.2) is 6.29 Å². The molecule has 0 heterocycles. The van der Waals surface area contributed by atoms with Gasteiger partial charge in [0.2, 0.25) is 0 Å². The third-order valence-electron chi connectivity index (χ3n) is 4.37. The third-order valence-corrected chi connectivity index (χ3v) is 4.37. The number of aryl methyl sites for hydroxylation is 2. The van der Waals surface area contributed by atoms with Gasteiger partial charge < -0.3 is 15.8 Å². The number of anilines is 2. The molecule has 0 fully saturated rings. The molecule has 1 unspecified atom stereocenters. The first-order valence-corrected chi connectivity index (χ1v) is 7.94. The van der Waals surface area contributed by atoms with Gasteiger partial charge in [0, 0.05) is 6.42 Å². The lowest BCUT2D eigenvalue weighted by Crippen LogP contribution is -2.18. The van der Waals surface area contributed by atoms with Crippen molar-refractivity contribution in [1.82, 2.24) is 0 Å². The van der Waals surface area contributed by atoms with E-state index >= 15 is 0 Å². The van der Waals surface area contributed by atoms with E-state index in [1.165, 1.54) is 17.5 Å². The first-order chi connectivity index (χ1) is 10.8. The Hall–Kier alpha value is -2.29. The Kier molecular flexibility index (Phi) is 4.42. The van der Waals surface area contributed by atoms with Crippen LogP contribution in [0.3, 0.4) is 0 Å². The predicted molar refractivity (Wildman–Crippen MR) is 91.0 cm³/mol. The maximum atomic E-state index is 10.5. The fourth-order valence-corrected chi connectivity index (χ4v) is 3.22. The number of nitrogens with one attached hydrogen (secondary N) is 1. The zero-order valence-electron chi connectivity index (χ0n) is 12.7. The summed E-state index contributed by atoms with van der Waals surface area (Å²) in [5.74, 6) is 0. The van der Waals surface area contributed by atoms with Gasteiger partial charge in [-0.2, -0.15) is 0 Å². The number of aldehydes is 1. The highest BCUT2D eigenvalue weighted by Crippen LogP contribution is 2.34. The molecule has 22 heavy (non-hydrogen) atoms. The first kappa shape index (κ1) is 14.6. The summed E-state index contributed by atoms with van der Waals surface area (Å²) >= 11 is 0. The number of benzene rings is 2. The first-order valence-electron chi connectivity index (χ1n) is 7.94. The summed E-state index contributed by atoms with van der Waals surface area (Å²) < 4.78 is 0. The van der Waals surface area contributed by atoms with Gasteiger partial charge in [-0.25, -0.2) is 0 Å². The van der Waals surface area contributed by atoms with Crippen LogP contribution in [0.4, 0.5) is 11.4 Å². The SMILES string of the molecule is Nc1cc(CCC=O)ccc1NC1CCCc2ccccc21. The Morgan fingerprint density at radius 1 is 1.23 bits per heavy atom. The van der Waals surface area contributed by atoms with Crippen LogP contribution in [0.5, 0.6) is 0 Å². The van der Waals surface area contributed by atoms with Crippen LogP contribution in [0.25, 0.3) is 0 Å². The molecule has 0 bridgehead atoms. The van der Waals surface area contributed by atoms with Crippen LogP contribution in [0.1, 0.15) is 42.0 Å². The molecule has 0 saturated carbocycles. The molecule has 114 valence electrons. The smallest absolute Gasteiger partial charge is 0.120 e. The van der Waals surface area contributed by atoms with Crippen molar-refractivity contribution in [2.24, 2.45) is 0 Å².